The Bertz CT molecular complexity index is 704. The molecule has 114 valence electrons. The summed E-state index contributed by atoms with van der Waals surface area (Å²) in [5.74, 6) is 0.937. The van der Waals surface area contributed by atoms with E-state index in [1.807, 2.05) is 43.3 Å². The van der Waals surface area contributed by atoms with Gasteiger partial charge in [-0.1, -0.05) is 37.3 Å². The second-order valence-electron chi connectivity index (χ2n) is 5.73. The molecule has 0 fully saturated rings. The molecule has 1 aromatic carbocycles. The van der Waals surface area contributed by atoms with Crippen molar-refractivity contribution >= 4 is 11.6 Å². The highest BCUT2D eigenvalue weighted by molar-refractivity contribution is 5.95. The van der Waals surface area contributed by atoms with Crippen LogP contribution in [0.15, 0.2) is 42.6 Å². The highest BCUT2D eigenvalue weighted by Gasteiger charge is 2.15. The van der Waals surface area contributed by atoms with E-state index in [0.29, 0.717) is 12.8 Å². The highest BCUT2D eigenvalue weighted by atomic mass is 16.1. The predicted octanol–water partition coefficient (Wildman–Crippen LogP) is 3.00. The van der Waals surface area contributed by atoms with E-state index in [1.165, 1.54) is 0 Å². The van der Waals surface area contributed by atoms with Crippen LogP contribution in [-0.2, 0) is 4.79 Å². The maximum atomic E-state index is 12.2. The molecular formula is C17H20N4O. The number of benzene rings is 1. The molecule has 5 heteroatoms. The van der Waals surface area contributed by atoms with Gasteiger partial charge < -0.3 is 16.0 Å². The number of allylic oxidation sites excluding steroid dienone is 1. The van der Waals surface area contributed by atoms with E-state index in [9.17, 15) is 4.79 Å². The Kier molecular flexibility index (Phi) is 4.06. The normalized spacial score (nSPS) is 23.5. The predicted molar refractivity (Wildman–Crippen MR) is 87.1 cm³/mol. The van der Waals surface area contributed by atoms with Gasteiger partial charge in [-0.3, -0.25) is 4.79 Å². The molecule has 2 aromatic rings. The number of aromatic amines is 1. The molecule has 4 N–H and O–H groups in total. The maximum Gasteiger partial charge on any atom is 0.224 e. The number of carbonyl (C=O) groups excluding carboxylic acids is 1. The van der Waals surface area contributed by atoms with Gasteiger partial charge in [-0.05, 0) is 18.4 Å². The lowest BCUT2D eigenvalue weighted by atomic mass is 10.0. The van der Waals surface area contributed by atoms with Crippen molar-refractivity contribution in [3.8, 4) is 11.3 Å². The van der Waals surface area contributed by atoms with E-state index in [-0.39, 0.29) is 17.9 Å². The van der Waals surface area contributed by atoms with Gasteiger partial charge in [-0.2, -0.15) is 0 Å². The number of hydrogen-bond acceptors (Lipinski definition) is 3. The second kappa shape index (κ2) is 6.15. The minimum atomic E-state index is -0.172. The van der Waals surface area contributed by atoms with Crippen LogP contribution in [0.2, 0.25) is 0 Å². The number of hydrogen-bond donors (Lipinski definition) is 3. The molecule has 1 amide bonds. The van der Waals surface area contributed by atoms with Crippen molar-refractivity contribution in [2.24, 2.45) is 11.7 Å². The summed E-state index contributed by atoms with van der Waals surface area (Å²) >= 11 is 0. The average Bonchev–Trinajstić information content (AvgIpc) is 2.96. The van der Waals surface area contributed by atoms with Crippen molar-refractivity contribution < 1.29 is 4.79 Å². The van der Waals surface area contributed by atoms with Crippen molar-refractivity contribution in [2.45, 2.75) is 25.8 Å². The fourth-order valence-corrected chi connectivity index (χ4v) is 2.62. The fourth-order valence-electron chi connectivity index (χ4n) is 2.62. The van der Waals surface area contributed by atoms with Gasteiger partial charge in [0.05, 0.1) is 23.6 Å². The minimum absolute atomic E-state index is 0.00730. The van der Waals surface area contributed by atoms with Crippen molar-refractivity contribution in [2.75, 3.05) is 5.32 Å². The number of amides is 1. The molecule has 22 heavy (non-hydrogen) atoms. The quantitative estimate of drug-likeness (QED) is 0.653. The Hall–Kier alpha value is -2.40. The largest absolute Gasteiger partial charge is 0.341 e. The number of para-hydroxylation sites is 1. The van der Waals surface area contributed by atoms with Gasteiger partial charge in [0.25, 0.3) is 0 Å². The number of fused-ring (bicyclic) bond motifs is 4. The lowest BCUT2D eigenvalue weighted by molar-refractivity contribution is -0.116. The Morgan fingerprint density at radius 1 is 1.32 bits per heavy atom. The van der Waals surface area contributed by atoms with Gasteiger partial charge in [0.1, 0.15) is 5.82 Å². The van der Waals surface area contributed by atoms with Crippen LogP contribution in [0.4, 0.5) is 5.69 Å². The number of nitrogens with one attached hydrogen (secondary N) is 2. The number of nitrogens with zero attached hydrogens (tertiary/aromatic N) is 1. The molecule has 0 saturated carbocycles. The molecule has 0 unspecified atom stereocenters. The van der Waals surface area contributed by atoms with E-state index in [0.717, 1.165) is 22.8 Å². The Morgan fingerprint density at radius 3 is 3.00 bits per heavy atom. The van der Waals surface area contributed by atoms with Crippen LogP contribution >= 0.6 is 0 Å². The van der Waals surface area contributed by atoms with Gasteiger partial charge in [0.2, 0.25) is 5.91 Å². The zero-order chi connectivity index (χ0) is 15.5. The summed E-state index contributed by atoms with van der Waals surface area (Å²) in [6.07, 6.45) is 6.97. The number of carbonyl (C=O) groups is 1. The second-order valence-corrected chi connectivity index (χ2v) is 5.73. The standard InChI is InChI=1S/C17H20N4O/c1-11-5-4-7-13(18)17-19-10-15(21-17)12-6-2-3-8-14(12)20-16(22)9-11/h2-6,8,10-11,13H,7,9,18H2,1H3,(H,19,21)(H,20,22)/b5-4-/t11-,13+/m1/s1. The SMILES string of the molecule is C[C@@H]1/C=C\C[C@H](N)c2ncc([nH]2)-c2ccccc2NC(=O)C1. The third-order valence-corrected chi connectivity index (χ3v) is 3.80. The first-order valence-electron chi connectivity index (χ1n) is 7.50. The molecule has 0 spiro atoms. The van der Waals surface area contributed by atoms with Crippen LogP contribution < -0.4 is 11.1 Å². The van der Waals surface area contributed by atoms with Crippen LogP contribution in [0.5, 0.6) is 0 Å². The summed E-state index contributed by atoms with van der Waals surface area (Å²) in [5, 5.41) is 2.99. The number of imidazole rings is 1. The van der Waals surface area contributed by atoms with Crippen LogP contribution in [0.1, 0.15) is 31.6 Å². The summed E-state index contributed by atoms with van der Waals surface area (Å²) < 4.78 is 0. The van der Waals surface area contributed by atoms with Gasteiger partial charge >= 0.3 is 0 Å². The molecule has 1 aliphatic heterocycles. The van der Waals surface area contributed by atoms with Crippen LogP contribution in [-0.4, -0.2) is 15.9 Å². The van der Waals surface area contributed by atoms with Crippen LogP contribution in [0.25, 0.3) is 11.3 Å². The van der Waals surface area contributed by atoms with Gasteiger partial charge in [-0.15, -0.1) is 0 Å². The molecule has 5 nitrogen and oxygen atoms in total. The van der Waals surface area contributed by atoms with Crippen molar-refractivity contribution in [1.82, 2.24) is 9.97 Å². The van der Waals surface area contributed by atoms with E-state index in [4.69, 9.17) is 5.73 Å². The van der Waals surface area contributed by atoms with Crippen LogP contribution in [0, 0.1) is 5.92 Å². The highest BCUT2D eigenvalue weighted by Crippen LogP contribution is 2.28. The average molecular weight is 296 g/mol. The first-order valence-corrected chi connectivity index (χ1v) is 7.50. The summed E-state index contributed by atoms with van der Waals surface area (Å²) in [7, 11) is 0. The lowest BCUT2D eigenvalue weighted by Gasteiger charge is -2.11. The zero-order valence-corrected chi connectivity index (χ0v) is 12.5. The first kappa shape index (κ1) is 14.5. The zero-order valence-electron chi connectivity index (χ0n) is 12.5. The topological polar surface area (TPSA) is 83.8 Å². The fraction of sp³-hybridized carbons (Fsp3) is 0.294. The van der Waals surface area contributed by atoms with E-state index in [2.05, 4.69) is 15.3 Å². The van der Waals surface area contributed by atoms with Crippen molar-refractivity contribution in [3.05, 3.63) is 48.4 Å². The number of nitrogens with two attached hydrogens (primary N) is 1. The van der Waals surface area contributed by atoms with Crippen molar-refractivity contribution in [3.63, 3.8) is 0 Å². The molecule has 0 aliphatic carbocycles. The van der Waals surface area contributed by atoms with Crippen LogP contribution in [0.3, 0.4) is 0 Å². The molecule has 3 rings (SSSR count). The number of anilines is 1. The monoisotopic (exact) mass is 296 g/mol. The molecule has 2 heterocycles. The molecule has 0 radical (unpaired) electrons. The maximum absolute atomic E-state index is 12.2. The lowest BCUT2D eigenvalue weighted by Crippen LogP contribution is -2.15. The van der Waals surface area contributed by atoms with E-state index < -0.39 is 0 Å². The molecule has 0 saturated heterocycles. The summed E-state index contributed by atoms with van der Waals surface area (Å²) in [6.45, 7) is 2.03. The smallest absolute Gasteiger partial charge is 0.224 e. The molecule has 2 bridgehead atoms. The molecule has 1 aromatic heterocycles. The Balaban J connectivity index is 2.03. The first-order chi connectivity index (χ1) is 10.6. The molecule has 1 aliphatic rings. The van der Waals surface area contributed by atoms with E-state index in [1.54, 1.807) is 6.20 Å². The molecule has 2 atom stereocenters. The summed E-state index contributed by atoms with van der Waals surface area (Å²) in [5.41, 5.74) is 8.73. The van der Waals surface area contributed by atoms with E-state index >= 15 is 0 Å². The minimum Gasteiger partial charge on any atom is -0.341 e. The number of H-pyrrole nitrogens is 1. The van der Waals surface area contributed by atoms with Gasteiger partial charge in [0.15, 0.2) is 0 Å². The van der Waals surface area contributed by atoms with Crippen molar-refractivity contribution in [1.29, 1.82) is 0 Å². The number of rotatable bonds is 0. The third kappa shape index (κ3) is 3.09. The molecular weight excluding hydrogens is 276 g/mol. The Morgan fingerprint density at radius 2 is 2.14 bits per heavy atom. The number of aromatic nitrogens is 2. The third-order valence-electron chi connectivity index (χ3n) is 3.80. The van der Waals surface area contributed by atoms with Gasteiger partial charge in [0, 0.05) is 12.0 Å². The van der Waals surface area contributed by atoms with Gasteiger partial charge in [-0.25, -0.2) is 4.98 Å². The Labute approximate surface area is 129 Å². The summed E-state index contributed by atoms with van der Waals surface area (Å²) in [4.78, 5) is 19.8. The summed E-state index contributed by atoms with van der Waals surface area (Å²) in [6, 6.07) is 7.53.